The molecule has 0 aliphatic heterocycles. The van der Waals surface area contributed by atoms with E-state index >= 15 is 0 Å². The van der Waals surface area contributed by atoms with Gasteiger partial charge >= 0.3 is 0 Å². The highest BCUT2D eigenvalue weighted by molar-refractivity contribution is 7.11. The van der Waals surface area contributed by atoms with Crippen LogP contribution in [0.2, 0.25) is 0 Å². The quantitative estimate of drug-likeness (QED) is 0.804. The van der Waals surface area contributed by atoms with Gasteiger partial charge in [0.2, 0.25) is 0 Å². The summed E-state index contributed by atoms with van der Waals surface area (Å²) < 4.78 is 0. The maximum Gasteiger partial charge on any atom is 0.0326 e. The fourth-order valence-electron chi connectivity index (χ4n) is 2.94. The van der Waals surface area contributed by atoms with E-state index in [1.165, 1.54) is 41.0 Å². The molecule has 1 aromatic heterocycles. The number of hydrogen-bond donors (Lipinski definition) is 1. The molecule has 0 unspecified atom stereocenters. The molecule has 0 radical (unpaired) electrons. The van der Waals surface area contributed by atoms with Crippen molar-refractivity contribution in [1.29, 1.82) is 0 Å². The molecule has 1 aromatic carbocycles. The Bertz CT molecular complexity index is 544. The van der Waals surface area contributed by atoms with Crippen molar-refractivity contribution in [1.82, 2.24) is 5.32 Å². The molecule has 0 fully saturated rings. The lowest BCUT2D eigenvalue weighted by molar-refractivity contribution is 0.491. The zero-order valence-corrected chi connectivity index (χ0v) is 12.3. The van der Waals surface area contributed by atoms with Crippen molar-refractivity contribution in [3.8, 4) is 0 Å². The van der Waals surface area contributed by atoms with Gasteiger partial charge in [-0.15, -0.1) is 11.3 Å². The molecule has 0 amide bonds. The first-order valence-electron chi connectivity index (χ1n) is 7.19. The molecule has 1 N–H and O–H groups in total. The molecule has 1 aliphatic carbocycles. The number of fused-ring (bicyclic) bond motifs is 1. The molecule has 1 atom stereocenters. The van der Waals surface area contributed by atoms with Gasteiger partial charge in [0.1, 0.15) is 0 Å². The molecular weight excluding hydrogens is 250 g/mol. The van der Waals surface area contributed by atoms with Gasteiger partial charge in [0.25, 0.3) is 0 Å². The van der Waals surface area contributed by atoms with Crippen LogP contribution in [0.5, 0.6) is 0 Å². The van der Waals surface area contributed by atoms with Gasteiger partial charge in [0.15, 0.2) is 0 Å². The van der Waals surface area contributed by atoms with Crippen molar-refractivity contribution >= 4 is 11.3 Å². The molecule has 2 heteroatoms. The van der Waals surface area contributed by atoms with Crippen LogP contribution >= 0.6 is 11.3 Å². The second-order valence-electron chi connectivity index (χ2n) is 5.39. The number of hydrogen-bond acceptors (Lipinski definition) is 2. The number of aryl methyl sites for hydroxylation is 2. The minimum Gasteiger partial charge on any atom is -0.305 e. The summed E-state index contributed by atoms with van der Waals surface area (Å²) in [6, 6.07) is 13.9. The highest BCUT2D eigenvalue weighted by Crippen LogP contribution is 2.29. The first-order chi connectivity index (χ1) is 9.33. The van der Waals surface area contributed by atoms with Crippen LogP contribution in [0, 0.1) is 6.92 Å². The van der Waals surface area contributed by atoms with Crippen LogP contribution in [-0.4, -0.2) is 0 Å². The van der Waals surface area contributed by atoms with Crippen molar-refractivity contribution < 1.29 is 0 Å². The van der Waals surface area contributed by atoms with Gasteiger partial charge in [-0.2, -0.15) is 0 Å². The van der Waals surface area contributed by atoms with Gasteiger partial charge in [0.05, 0.1) is 0 Å². The van der Waals surface area contributed by atoms with Crippen molar-refractivity contribution in [2.75, 3.05) is 0 Å². The lowest BCUT2D eigenvalue weighted by Gasteiger charge is -2.19. The Morgan fingerprint density at radius 2 is 2.05 bits per heavy atom. The number of rotatable bonds is 3. The number of thiophene rings is 1. The Balaban J connectivity index is 1.73. The first kappa shape index (κ1) is 12.9. The van der Waals surface area contributed by atoms with E-state index in [0.29, 0.717) is 6.04 Å². The van der Waals surface area contributed by atoms with Crippen LogP contribution in [0.1, 0.15) is 46.2 Å². The van der Waals surface area contributed by atoms with Crippen LogP contribution in [0.4, 0.5) is 0 Å². The predicted octanol–water partition coefficient (Wildman–Crippen LogP) is 4.61. The summed E-state index contributed by atoms with van der Waals surface area (Å²) >= 11 is 1.90. The third-order valence-electron chi connectivity index (χ3n) is 3.94. The Hall–Kier alpha value is -1.12. The molecule has 0 spiro atoms. The molecule has 0 saturated carbocycles. The third-order valence-corrected chi connectivity index (χ3v) is 4.94. The maximum absolute atomic E-state index is 3.76. The second kappa shape index (κ2) is 5.89. The SMILES string of the molecule is Cc1ccc(CN[C@H]2CCCCc3ccccc32)s1. The molecule has 19 heavy (non-hydrogen) atoms. The summed E-state index contributed by atoms with van der Waals surface area (Å²) in [4.78, 5) is 2.84. The summed E-state index contributed by atoms with van der Waals surface area (Å²) in [6.07, 6.45) is 5.16. The van der Waals surface area contributed by atoms with E-state index < -0.39 is 0 Å². The second-order valence-corrected chi connectivity index (χ2v) is 6.76. The first-order valence-corrected chi connectivity index (χ1v) is 8.01. The molecule has 100 valence electrons. The average Bonchev–Trinajstić information content (AvgIpc) is 2.73. The molecular formula is C17H21NS. The number of benzene rings is 1. The van der Waals surface area contributed by atoms with E-state index in [1.807, 2.05) is 11.3 Å². The fourth-order valence-corrected chi connectivity index (χ4v) is 3.78. The van der Waals surface area contributed by atoms with E-state index in [2.05, 4.69) is 48.6 Å². The van der Waals surface area contributed by atoms with Crippen molar-refractivity contribution in [2.45, 2.75) is 45.2 Å². The lowest BCUT2D eigenvalue weighted by Crippen LogP contribution is -2.20. The zero-order chi connectivity index (χ0) is 13.1. The Labute approximate surface area is 119 Å². The Morgan fingerprint density at radius 1 is 1.16 bits per heavy atom. The zero-order valence-electron chi connectivity index (χ0n) is 11.5. The largest absolute Gasteiger partial charge is 0.305 e. The molecule has 1 heterocycles. The minimum absolute atomic E-state index is 0.529. The van der Waals surface area contributed by atoms with Crippen LogP contribution in [-0.2, 0) is 13.0 Å². The van der Waals surface area contributed by atoms with Gasteiger partial charge in [0, 0.05) is 22.3 Å². The molecule has 1 aliphatic rings. The number of nitrogens with one attached hydrogen (secondary N) is 1. The van der Waals surface area contributed by atoms with E-state index in [1.54, 1.807) is 5.56 Å². The van der Waals surface area contributed by atoms with E-state index in [0.717, 1.165) is 6.54 Å². The summed E-state index contributed by atoms with van der Waals surface area (Å²) in [7, 11) is 0. The van der Waals surface area contributed by atoms with Crippen molar-refractivity contribution in [3.05, 3.63) is 57.3 Å². The fraction of sp³-hybridized carbons (Fsp3) is 0.412. The average molecular weight is 271 g/mol. The summed E-state index contributed by atoms with van der Waals surface area (Å²) in [5.74, 6) is 0. The predicted molar refractivity (Wildman–Crippen MR) is 82.6 cm³/mol. The summed E-state index contributed by atoms with van der Waals surface area (Å²) in [6.45, 7) is 3.17. The Kier molecular flexibility index (Phi) is 4.00. The molecule has 1 nitrogen and oxygen atoms in total. The minimum atomic E-state index is 0.529. The van der Waals surface area contributed by atoms with Crippen LogP contribution in [0.3, 0.4) is 0 Å². The topological polar surface area (TPSA) is 12.0 Å². The van der Waals surface area contributed by atoms with E-state index in [4.69, 9.17) is 0 Å². The molecule has 0 bridgehead atoms. The van der Waals surface area contributed by atoms with Crippen molar-refractivity contribution in [3.63, 3.8) is 0 Å². The molecule has 2 aromatic rings. The van der Waals surface area contributed by atoms with Gasteiger partial charge in [-0.05, 0) is 49.4 Å². The van der Waals surface area contributed by atoms with Crippen molar-refractivity contribution in [2.24, 2.45) is 0 Å². The highest BCUT2D eigenvalue weighted by Gasteiger charge is 2.17. The smallest absolute Gasteiger partial charge is 0.0326 e. The van der Waals surface area contributed by atoms with Gasteiger partial charge in [-0.25, -0.2) is 0 Å². The normalized spacial score (nSPS) is 18.9. The van der Waals surface area contributed by atoms with Crippen LogP contribution < -0.4 is 5.32 Å². The highest BCUT2D eigenvalue weighted by atomic mass is 32.1. The van der Waals surface area contributed by atoms with Crippen LogP contribution in [0.15, 0.2) is 36.4 Å². The summed E-state index contributed by atoms with van der Waals surface area (Å²) in [5, 5.41) is 3.76. The Morgan fingerprint density at radius 3 is 2.89 bits per heavy atom. The monoisotopic (exact) mass is 271 g/mol. The lowest BCUT2D eigenvalue weighted by atomic mass is 9.99. The van der Waals surface area contributed by atoms with Gasteiger partial charge in [-0.1, -0.05) is 30.7 Å². The molecule has 3 rings (SSSR count). The third kappa shape index (κ3) is 3.07. The van der Waals surface area contributed by atoms with Gasteiger partial charge < -0.3 is 5.32 Å². The van der Waals surface area contributed by atoms with E-state index in [9.17, 15) is 0 Å². The standard InChI is InChI=1S/C17H21NS/c1-13-10-11-15(19-13)12-18-17-9-5-3-7-14-6-2-4-8-16(14)17/h2,4,6,8,10-11,17-18H,3,5,7,9,12H2,1H3/t17-/m0/s1. The molecule has 0 saturated heterocycles. The van der Waals surface area contributed by atoms with E-state index in [-0.39, 0.29) is 0 Å². The van der Waals surface area contributed by atoms with Crippen LogP contribution in [0.25, 0.3) is 0 Å². The summed E-state index contributed by atoms with van der Waals surface area (Å²) in [5.41, 5.74) is 3.06. The maximum atomic E-state index is 3.76. The van der Waals surface area contributed by atoms with Gasteiger partial charge in [-0.3, -0.25) is 0 Å².